The first-order valence-electron chi connectivity index (χ1n) is 9.81. The SMILES string of the molecule is CCCCCCCOCCCCCCCCCCC(O)C(F)(F)F. The van der Waals surface area contributed by atoms with E-state index in [2.05, 4.69) is 6.92 Å². The molecule has 0 spiro atoms. The normalized spacial score (nSPS) is 13.4. The van der Waals surface area contributed by atoms with Gasteiger partial charge in [0.15, 0.2) is 0 Å². The van der Waals surface area contributed by atoms with E-state index in [0.717, 1.165) is 45.3 Å². The van der Waals surface area contributed by atoms with E-state index in [1.165, 1.54) is 44.9 Å². The van der Waals surface area contributed by atoms with Crippen molar-refractivity contribution in [3.8, 4) is 0 Å². The topological polar surface area (TPSA) is 29.5 Å². The summed E-state index contributed by atoms with van der Waals surface area (Å²) in [6.45, 7) is 3.95. The van der Waals surface area contributed by atoms with Crippen LogP contribution in [-0.2, 0) is 4.74 Å². The summed E-state index contributed by atoms with van der Waals surface area (Å²) in [5, 5.41) is 8.86. The Hall–Kier alpha value is -0.290. The van der Waals surface area contributed by atoms with Gasteiger partial charge in [0.1, 0.15) is 6.10 Å². The molecular weight excluding hydrogens is 317 g/mol. The predicted octanol–water partition coefficient (Wildman–Crippen LogP) is 6.41. The Morgan fingerprint density at radius 1 is 0.708 bits per heavy atom. The van der Waals surface area contributed by atoms with Crippen LogP contribution in [0.2, 0.25) is 0 Å². The highest BCUT2D eigenvalue weighted by Crippen LogP contribution is 2.24. The summed E-state index contributed by atoms with van der Waals surface area (Å²) < 4.78 is 41.9. The minimum Gasteiger partial charge on any atom is -0.384 e. The highest BCUT2D eigenvalue weighted by atomic mass is 19.4. The predicted molar refractivity (Wildman–Crippen MR) is 93.2 cm³/mol. The monoisotopic (exact) mass is 354 g/mol. The first kappa shape index (κ1) is 23.7. The third-order valence-electron chi connectivity index (χ3n) is 4.29. The molecule has 0 saturated carbocycles. The maximum Gasteiger partial charge on any atom is 0.414 e. The fourth-order valence-electron chi connectivity index (χ4n) is 2.68. The number of alkyl halides is 3. The Morgan fingerprint density at radius 3 is 1.58 bits per heavy atom. The van der Waals surface area contributed by atoms with Crippen molar-refractivity contribution in [2.45, 2.75) is 109 Å². The van der Waals surface area contributed by atoms with E-state index in [1.807, 2.05) is 0 Å². The lowest BCUT2D eigenvalue weighted by Gasteiger charge is -2.13. The van der Waals surface area contributed by atoms with Crippen molar-refractivity contribution in [1.29, 1.82) is 0 Å². The first-order valence-corrected chi connectivity index (χ1v) is 9.81. The summed E-state index contributed by atoms with van der Waals surface area (Å²) in [5.74, 6) is 0. The van der Waals surface area contributed by atoms with Crippen molar-refractivity contribution in [2.75, 3.05) is 13.2 Å². The van der Waals surface area contributed by atoms with E-state index in [4.69, 9.17) is 9.84 Å². The summed E-state index contributed by atoms with van der Waals surface area (Å²) in [4.78, 5) is 0. The van der Waals surface area contributed by atoms with Gasteiger partial charge in [0.25, 0.3) is 0 Å². The summed E-state index contributed by atoms with van der Waals surface area (Å²) >= 11 is 0. The van der Waals surface area contributed by atoms with Crippen LogP contribution in [0.5, 0.6) is 0 Å². The van der Waals surface area contributed by atoms with Gasteiger partial charge in [0.05, 0.1) is 0 Å². The van der Waals surface area contributed by atoms with Gasteiger partial charge >= 0.3 is 6.18 Å². The van der Waals surface area contributed by atoms with Crippen LogP contribution in [0.4, 0.5) is 13.2 Å². The van der Waals surface area contributed by atoms with Crippen LogP contribution < -0.4 is 0 Å². The Morgan fingerprint density at radius 2 is 1.12 bits per heavy atom. The summed E-state index contributed by atoms with van der Waals surface area (Å²) in [6.07, 6.45) is 7.41. The molecule has 0 aromatic carbocycles. The minimum absolute atomic E-state index is 0.167. The molecule has 0 aliphatic heterocycles. The molecule has 0 radical (unpaired) electrons. The molecule has 0 saturated heterocycles. The van der Waals surface area contributed by atoms with Gasteiger partial charge in [-0.05, 0) is 19.3 Å². The maximum absolute atomic E-state index is 12.1. The fraction of sp³-hybridized carbons (Fsp3) is 1.00. The van der Waals surface area contributed by atoms with Crippen LogP contribution in [0.25, 0.3) is 0 Å². The molecule has 0 bridgehead atoms. The molecule has 24 heavy (non-hydrogen) atoms. The number of unbranched alkanes of at least 4 members (excludes halogenated alkanes) is 11. The van der Waals surface area contributed by atoms with Gasteiger partial charge in [0.2, 0.25) is 0 Å². The van der Waals surface area contributed by atoms with Crippen molar-refractivity contribution in [2.24, 2.45) is 0 Å². The minimum atomic E-state index is -4.46. The Bertz CT molecular complexity index is 257. The van der Waals surface area contributed by atoms with Gasteiger partial charge in [-0.25, -0.2) is 0 Å². The third-order valence-corrected chi connectivity index (χ3v) is 4.29. The van der Waals surface area contributed by atoms with Crippen molar-refractivity contribution >= 4 is 0 Å². The van der Waals surface area contributed by atoms with Crippen LogP contribution in [0, 0.1) is 0 Å². The largest absolute Gasteiger partial charge is 0.414 e. The van der Waals surface area contributed by atoms with Crippen molar-refractivity contribution in [3.05, 3.63) is 0 Å². The molecule has 0 aliphatic carbocycles. The molecule has 0 rings (SSSR count). The van der Waals surface area contributed by atoms with Gasteiger partial charge in [0, 0.05) is 13.2 Å². The van der Waals surface area contributed by atoms with Crippen molar-refractivity contribution in [1.82, 2.24) is 0 Å². The van der Waals surface area contributed by atoms with Crippen LogP contribution in [0.3, 0.4) is 0 Å². The van der Waals surface area contributed by atoms with Gasteiger partial charge in [-0.1, -0.05) is 77.6 Å². The van der Waals surface area contributed by atoms with Crippen LogP contribution in [0.15, 0.2) is 0 Å². The van der Waals surface area contributed by atoms with Gasteiger partial charge < -0.3 is 9.84 Å². The number of rotatable bonds is 17. The maximum atomic E-state index is 12.1. The first-order chi connectivity index (χ1) is 11.5. The quantitative estimate of drug-likeness (QED) is 0.306. The molecule has 2 nitrogen and oxygen atoms in total. The van der Waals surface area contributed by atoms with Crippen LogP contribution in [-0.4, -0.2) is 30.6 Å². The zero-order valence-electron chi connectivity index (χ0n) is 15.4. The fourth-order valence-corrected chi connectivity index (χ4v) is 2.68. The highest BCUT2D eigenvalue weighted by Gasteiger charge is 2.37. The number of hydrogen-bond donors (Lipinski definition) is 1. The van der Waals surface area contributed by atoms with Crippen molar-refractivity contribution in [3.63, 3.8) is 0 Å². The summed E-state index contributed by atoms with van der Waals surface area (Å²) in [7, 11) is 0. The molecule has 0 aromatic rings. The van der Waals surface area contributed by atoms with E-state index in [9.17, 15) is 13.2 Å². The Balaban J connectivity index is 3.10. The van der Waals surface area contributed by atoms with Crippen LogP contribution in [0.1, 0.15) is 96.8 Å². The number of halogens is 3. The molecular formula is C19H37F3O2. The average molecular weight is 354 g/mol. The van der Waals surface area contributed by atoms with E-state index >= 15 is 0 Å². The molecule has 0 fully saturated rings. The second-order valence-electron chi connectivity index (χ2n) is 6.70. The van der Waals surface area contributed by atoms with Gasteiger partial charge in [-0.2, -0.15) is 13.2 Å². The van der Waals surface area contributed by atoms with Gasteiger partial charge in [-0.3, -0.25) is 0 Å². The third kappa shape index (κ3) is 16.6. The Kier molecular flexibility index (Phi) is 16.0. The zero-order chi connectivity index (χ0) is 18.1. The number of aliphatic hydroxyl groups excluding tert-OH is 1. The lowest BCUT2D eigenvalue weighted by molar-refractivity contribution is -0.205. The standard InChI is InChI=1S/C19H37F3O2/c1-2-3-4-10-13-16-24-17-14-11-8-6-5-7-9-12-15-18(23)19(20,21)22/h18,23H,2-17H2,1H3. The van der Waals surface area contributed by atoms with Crippen molar-refractivity contribution < 1.29 is 23.0 Å². The second kappa shape index (κ2) is 16.2. The Labute approximate surface area is 146 Å². The summed E-state index contributed by atoms with van der Waals surface area (Å²) in [6, 6.07) is 0. The van der Waals surface area contributed by atoms with E-state index in [1.54, 1.807) is 0 Å². The summed E-state index contributed by atoms with van der Waals surface area (Å²) in [5.41, 5.74) is 0. The molecule has 146 valence electrons. The average Bonchev–Trinajstić information content (AvgIpc) is 2.53. The number of ether oxygens (including phenoxy) is 1. The highest BCUT2D eigenvalue weighted by molar-refractivity contribution is 4.64. The molecule has 1 atom stereocenters. The lowest BCUT2D eigenvalue weighted by atomic mass is 10.1. The number of aliphatic hydroxyl groups is 1. The second-order valence-corrected chi connectivity index (χ2v) is 6.70. The van der Waals surface area contributed by atoms with Crippen LogP contribution >= 0.6 is 0 Å². The smallest absolute Gasteiger partial charge is 0.384 e. The molecule has 0 heterocycles. The number of hydrogen-bond acceptors (Lipinski definition) is 2. The van der Waals surface area contributed by atoms with E-state index in [0.29, 0.717) is 6.42 Å². The zero-order valence-corrected chi connectivity index (χ0v) is 15.4. The van der Waals surface area contributed by atoms with E-state index < -0.39 is 12.3 Å². The van der Waals surface area contributed by atoms with E-state index in [-0.39, 0.29) is 6.42 Å². The lowest BCUT2D eigenvalue weighted by Crippen LogP contribution is -2.28. The molecule has 0 aliphatic rings. The molecule has 5 heteroatoms. The molecule has 1 unspecified atom stereocenters. The molecule has 0 amide bonds. The molecule has 0 aromatic heterocycles. The van der Waals surface area contributed by atoms with Gasteiger partial charge in [-0.15, -0.1) is 0 Å². The molecule has 1 N–H and O–H groups in total.